The van der Waals surface area contributed by atoms with Gasteiger partial charge in [0.15, 0.2) is 0 Å². The summed E-state index contributed by atoms with van der Waals surface area (Å²) in [4.78, 5) is 11.1. The molecule has 2 rings (SSSR count). The molecule has 0 fully saturated rings. The van der Waals surface area contributed by atoms with Gasteiger partial charge in [0.2, 0.25) is 15.9 Å². The Morgan fingerprint density at radius 2 is 1.83 bits per heavy atom. The number of aromatic nitrogens is 2. The van der Waals surface area contributed by atoms with E-state index in [-0.39, 0.29) is 17.3 Å². The molecule has 0 bridgehead atoms. The van der Waals surface area contributed by atoms with E-state index in [0.717, 1.165) is 23.5 Å². The predicted molar refractivity (Wildman–Crippen MR) is 92.1 cm³/mol. The zero-order valence-corrected chi connectivity index (χ0v) is 15.1. The molecule has 0 saturated heterocycles. The monoisotopic (exact) mass is 350 g/mol. The quantitative estimate of drug-likeness (QED) is 0.833. The second-order valence-electron chi connectivity index (χ2n) is 5.50. The van der Waals surface area contributed by atoms with Gasteiger partial charge in [0.1, 0.15) is 0 Å². The normalized spacial score (nSPS) is 11.5. The Hall–Kier alpha value is -2.19. The van der Waals surface area contributed by atoms with Crippen molar-refractivity contribution in [2.75, 3.05) is 5.32 Å². The van der Waals surface area contributed by atoms with Crippen LogP contribution in [0, 0.1) is 13.8 Å². The van der Waals surface area contributed by atoms with E-state index in [2.05, 4.69) is 15.1 Å². The number of hydrogen-bond donors (Lipinski definition) is 2. The molecule has 1 aromatic carbocycles. The summed E-state index contributed by atoms with van der Waals surface area (Å²) in [5, 5.41) is 6.98. The Kier molecular flexibility index (Phi) is 5.40. The molecule has 24 heavy (non-hydrogen) atoms. The highest BCUT2D eigenvalue weighted by atomic mass is 32.2. The number of anilines is 1. The molecule has 2 aromatic rings. The van der Waals surface area contributed by atoms with Crippen molar-refractivity contribution in [2.24, 2.45) is 0 Å². The predicted octanol–water partition coefficient (Wildman–Crippen LogP) is 1.96. The minimum Gasteiger partial charge on any atom is -0.326 e. The fourth-order valence-corrected chi connectivity index (χ4v) is 3.46. The first-order valence-corrected chi connectivity index (χ1v) is 9.13. The maximum absolute atomic E-state index is 12.4. The van der Waals surface area contributed by atoms with E-state index < -0.39 is 10.0 Å². The van der Waals surface area contributed by atoms with Crippen molar-refractivity contribution >= 4 is 21.6 Å². The molecular weight excluding hydrogens is 328 g/mol. The van der Waals surface area contributed by atoms with Gasteiger partial charge in [0, 0.05) is 37.0 Å². The van der Waals surface area contributed by atoms with E-state index in [1.807, 2.05) is 25.5 Å². The van der Waals surface area contributed by atoms with Gasteiger partial charge < -0.3 is 5.32 Å². The molecular formula is C16H22N4O3S. The van der Waals surface area contributed by atoms with Crippen LogP contribution in [-0.2, 0) is 27.9 Å². The minimum absolute atomic E-state index is 0.148. The van der Waals surface area contributed by atoms with Crippen LogP contribution in [0.15, 0.2) is 29.2 Å². The van der Waals surface area contributed by atoms with Crippen LogP contribution < -0.4 is 10.0 Å². The van der Waals surface area contributed by atoms with Gasteiger partial charge in [-0.1, -0.05) is 0 Å². The summed E-state index contributed by atoms with van der Waals surface area (Å²) < 4.78 is 29.3. The zero-order chi connectivity index (χ0) is 17.9. The molecule has 0 aliphatic heterocycles. The lowest BCUT2D eigenvalue weighted by Gasteiger charge is -2.09. The van der Waals surface area contributed by atoms with Crippen LogP contribution in [0.5, 0.6) is 0 Å². The van der Waals surface area contributed by atoms with Crippen LogP contribution in [0.3, 0.4) is 0 Å². The third-order valence-electron chi connectivity index (χ3n) is 3.75. The molecule has 1 amide bonds. The number of benzene rings is 1. The molecule has 0 radical (unpaired) electrons. The molecule has 0 atom stereocenters. The average Bonchev–Trinajstić information content (AvgIpc) is 2.79. The number of carbonyl (C=O) groups excluding carboxylic acids is 1. The first kappa shape index (κ1) is 18.2. The van der Waals surface area contributed by atoms with Crippen molar-refractivity contribution < 1.29 is 13.2 Å². The summed E-state index contributed by atoms with van der Waals surface area (Å²) in [6.45, 7) is 8.11. The maximum Gasteiger partial charge on any atom is 0.240 e. The first-order valence-electron chi connectivity index (χ1n) is 7.64. The Balaban J connectivity index is 2.14. The molecule has 130 valence electrons. The van der Waals surface area contributed by atoms with Gasteiger partial charge in [0.05, 0.1) is 10.6 Å². The van der Waals surface area contributed by atoms with Crippen molar-refractivity contribution in [1.82, 2.24) is 14.5 Å². The molecule has 1 heterocycles. The number of hydrogen-bond acceptors (Lipinski definition) is 4. The molecule has 7 nitrogen and oxygen atoms in total. The van der Waals surface area contributed by atoms with Crippen LogP contribution in [0.4, 0.5) is 5.69 Å². The number of nitrogens with zero attached hydrogens (tertiary/aromatic N) is 2. The first-order chi connectivity index (χ1) is 11.2. The lowest BCUT2D eigenvalue weighted by atomic mass is 10.2. The molecule has 0 spiro atoms. The van der Waals surface area contributed by atoms with Gasteiger partial charge in [-0.25, -0.2) is 13.1 Å². The van der Waals surface area contributed by atoms with E-state index in [9.17, 15) is 13.2 Å². The summed E-state index contributed by atoms with van der Waals surface area (Å²) in [5.41, 5.74) is 3.21. The van der Waals surface area contributed by atoms with Gasteiger partial charge in [0.25, 0.3) is 0 Å². The molecule has 1 aromatic heterocycles. The van der Waals surface area contributed by atoms with Gasteiger partial charge in [-0.15, -0.1) is 0 Å². The SMILES string of the molecule is CCn1nc(C)c(CNS(=O)(=O)c2ccc(NC(C)=O)cc2)c1C. The molecule has 0 unspecified atom stereocenters. The molecule has 2 N–H and O–H groups in total. The topological polar surface area (TPSA) is 93.1 Å². The summed E-state index contributed by atoms with van der Waals surface area (Å²) in [7, 11) is -3.63. The van der Waals surface area contributed by atoms with Crippen LogP contribution in [-0.4, -0.2) is 24.1 Å². The summed E-state index contributed by atoms with van der Waals surface area (Å²) >= 11 is 0. The number of amides is 1. The highest BCUT2D eigenvalue weighted by Gasteiger charge is 2.17. The number of sulfonamides is 1. The molecule has 0 saturated carbocycles. The van der Waals surface area contributed by atoms with E-state index in [1.165, 1.54) is 19.1 Å². The van der Waals surface area contributed by atoms with E-state index >= 15 is 0 Å². The molecule has 8 heteroatoms. The Bertz CT molecular complexity index is 839. The summed E-state index contributed by atoms with van der Waals surface area (Å²) in [6, 6.07) is 6.04. The number of rotatable bonds is 6. The number of nitrogens with one attached hydrogen (secondary N) is 2. The number of aryl methyl sites for hydroxylation is 2. The summed E-state index contributed by atoms with van der Waals surface area (Å²) in [5.74, 6) is -0.206. The van der Waals surface area contributed by atoms with Crippen molar-refractivity contribution in [1.29, 1.82) is 0 Å². The van der Waals surface area contributed by atoms with Crippen LogP contribution >= 0.6 is 0 Å². The van der Waals surface area contributed by atoms with Crippen molar-refractivity contribution in [3.05, 3.63) is 41.2 Å². The van der Waals surface area contributed by atoms with E-state index in [0.29, 0.717) is 5.69 Å². The number of carbonyl (C=O) groups is 1. The molecule has 0 aliphatic rings. The third kappa shape index (κ3) is 4.01. The highest BCUT2D eigenvalue weighted by Crippen LogP contribution is 2.17. The zero-order valence-electron chi connectivity index (χ0n) is 14.3. The van der Waals surface area contributed by atoms with Crippen LogP contribution in [0.25, 0.3) is 0 Å². The Morgan fingerprint density at radius 1 is 1.21 bits per heavy atom. The van der Waals surface area contributed by atoms with Crippen molar-refractivity contribution in [2.45, 2.75) is 45.7 Å². The van der Waals surface area contributed by atoms with E-state index in [1.54, 1.807) is 12.1 Å². The summed E-state index contributed by atoms with van der Waals surface area (Å²) in [6.07, 6.45) is 0. The van der Waals surface area contributed by atoms with Crippen molar-refractivity contribution in [3.63, 3.8) is 0 Å². The van der Waals surface area contributed by atoms with Gasteiger partial charge in [-0.05, 0) is 45.0 Å². The fraction of sp³-hybridized carbons (Fsp3) is 0.375. The minimum atomic E-state index is -3.63. The highest BCUT2D eigenvalue weighted by molar-refractivity contribution is 7.89. The Labute approximate surface area is 142 Å². The van der Waals surface area contributed by atoms with Crippen LogP contribution in [0.1, 0.15) is 30.8 Å². The van der Waals surface area contributed by atoms with Gasteiger partial charge >= 0.3 is 0 Å². The van der Waals surface area contributed by atoms with Gasteiger partial charge in [-0.3, -0.25) is 9.48 Å². The van der Waals surface area contributed by atoms with Gasteiger partial charge in [-0.2, -0.15) is 5.10 Å². The largest absolute Gasteiger partial charge is 0.326 e. The van der Waals surface area contributed by atoms with Crippen LogP contribution in [0.2, 0.25) is 0 Å². The third-order valence-corrected chi connectivity index (χ3v) is 5.17. The second kappa shape index (κ2) is 7.14. The lowest BCUT2D eigenvalue weighted by molar-refractivity contribution is -0.114. The van der Waals surface area contributed by atoms with Crippen molar-refractivity contribution in [3.8, 4) is 0 Å². The van der Waals surface area contributed by atoms with E-state index in [4.69, 9.17) is 0 Å². The maximum atomic E-state index is 12.4. The molecule has 0 aliphatic carbocycles. The Morgan fingerprint density at radius 3 is 2.33 bits per heavy atom. The fourth-order valence-electron chi connectivity index (χ4n) is 2.47. The lowest BCUT2D eigenvalue weighted by Crippen LogP contribution is -2.24. The standard InChI is InChI=1S/C16H22N4O3S/c1-5-20-12(3)16(11(2)19-20)10-17-24(22,23)15-8-6-14(7-9-15)18-13(4)21/h6-9,17H,5,10H2,1-4H3,(H,18,21). The smallest absolute Gasteiger partial charge is 0.240 e. The second-order valence-corrected chi connectivity index (χ2v) is 7.26. The average molecular weight is 350 g/mol.